The summed E-state index contributed by atoms with van der Waals surface area (Å²) in [5.74, 6) is 1.27. The summed E-state index contributed by atoms with van der Waals surface area (Å²) in [6.45, 7) is 4.81. The third-order valence-corrected chi connectivity index (χ3v) is 5.35. The molecule has 124 valence electrons. The maximum absolute atomic E-state index is 12.0. The molecule has 1 aromatic carbocycles. The Kier molecular flexibility index (Phi) is 6.00. The zero-order valence-corrected chi connectivity index (χ0v) is 14.5. The van der Waals surface area contributed by atoms with Gasteiger partial charge >= 0.3 is 0 Å². The number of nitrogens with one attached hydrogen (secondary N) is 1. The molecule has 0 aliphatic rings. The van der Waals surface area contributed by atoms with Crippen LogP contribution >= 0.6 is 11.3 Å². The van der Waals surface area contributed by atoms with E-state index in [1.807, 2.05) is 13.8 Å². The van der Waals surface area contributed by atoms with E-state index in [0.717, 1.165) is 11.3 Å². The second-order valence-electron chi connectivity index (χ2n) is 4.35. The topological polar surface area (TPSA) is 77.0 Å². The van der Waals surface area contributed by atoms with Crippen LogP contribution in [0.4, 0.5) is 0 Å². The van der Waals surface area contributed by atoms with Gasteiger partial charge in [0.1, 0.15) is 15.7 Å². The Morgan fingerprint density at radius 1 is 1.22 bits per heavy atom. The van der Waals surface area contributed by atoms with E-state index in [2.05, 4.69) is 9.93 Å². The fourth-order valence-electron chi connectivity index (χ4n) is 1.78. The van der Waals surface area contributed by atoms with Gasteiger partial charge in [-0.2, -0.15) is 18.4 Å². The molecule has 2 rings (SSSR count). The first-order valence-electron chi connectivity index (χ1n) is 7.05. The van der Waals surface area contributed by atoms with Crippen molar-refractivity contribution in [2.45, 2.75) is 18.1 Å². The lowest BCUT2D eigenvalue weighted by Gasteiger charge is -2.10. The minimum atomic E-state index is -3.62. The van der Waals surface area contributed by atoms with Crippen LogP contribution in [0, 0.1) is 0 Å². The Labute approximate surface area is 139 Å². The van der Waals surface area contributed by atoms with Gasteiger partial charge in [-0.15, -0.1) is 11.3 Å². The molecule has 1 aromatic heterocycles. The van der Waals surface area contributed by atoms with E-state index in [1.165, 1.54) is 12.3 Å². The van der Waals surface area contributed by atoms with Gasteiger partial charge in [-0.3, -0.25) is 0 Å². The van der Waals surface area contributed by atoms with Crippen molar-refractivity contribution >= 4 is 27.6 Å². The van der Waals surface area contributed by atoms with Gasteiger partial charge in [0.25, 0.3) is 10.0 Å². The summed E-state index contributed by atoms with van der Waals surface area (Å²) in [6.07, 6.45) is 1.41. The lowest BCUT2D eigenvalue weighted by molar-refractivity contribution is 0.323. The number of hydrogen-bond acceptors (Lipinski definition) is 6. The van der Waals surface area contributed by atoms with Crippen molar-refractivity contribution in [2.75, 3.05) is 13.2 Å². The maximum atomic E-state index is 12.0. The van der Waals surface area contributed by atoms with Crippen LogP contribution in [0.5, 0.6) is 11.5 Å². The third-order valence-electron chi connectivity index (χ3n) is 2.73. The molecular formula is C15H18N2O4S2. The van der Waals surface area contributed by atoms with Crippen molar-refractivity contribution in [3.8, 4) is 11.5 Å². The second kappa shape index (κ2) is 7.98. The number of sulfonamides is 1. The van der Waals surface area contributed by atoms with Crippen LogP contribution < -0.4 is 14.3 Å². The van der Waals surface area contributed by atoms with E-state index in [-0.39, 0.29) is 4.21 Å². The average Bonchev–Trinajstić information content (AvgIpc) is 3.05. The highest BCUT2D eigenvalue weighted by atomic mass is 32.2. The summed E-state index contributed by atoms with van der Waals surface area (Å²) in [5, 5.41) is 5.50. The molecule has 2 aromatic rings. The summed E-state index contributed by atoms with van der Waals surface area (Å²) in [6, 6.07) is 8.48. The van der Waals surface area contributed by atoms with Gasteiger partial charge in [-0.05, 0) is 37.4 Å². The molecule has 0 fully saturated rings. The van der Waals surface area contributed by atoms with Crippen LogP contribution in [0.1, 0.15) is 19.4 Å². The Bertz CT molecular complexity index is 756. The fraction of sp³-hybridized carbons (Fsp3) is 0.267. The van der Waals surface area contributed by atoms with Crippen LogP contribution in [-0.2, 0) is 10.0 Å². The number of nitrogens with zero attached hydrogens (tertiary/aromatic N) is 1. The summed E-state index contributed by atoms with van der Waals surface area (Å²) in [5.41, 5.74) is 0.657. The van der Waals surface area contributed by atoms with Gasteiger partial charge < -0.3 is 9.47 Å². The molecule has 0 amide bonds. The number of rotatable bonds is 8. The first-order chi connectivity index (χ1) is 11.1. The molecule has 0 unspecified atom stereocenters. The van der Waals surface area contributed by atoms with Crippen LogP contribution in [0.3, 0.4) is 0 Å². The Morgan fingerprint density at radius 3 is 2.65 bits per heavy atom. The largest absolute Gasteiger partial charge is 0.494 e. The lowest BCUT2D eigenvalue weighted by atomic mass is 10.2. The molecule has 0 bridgehead atoms. The molecule has 1 heterocycles. The fourth-order valence-corrected chi connectivity index (χ4v) is 3.56. The Balaban J connectivity index is 2.15. The lowest BCUT2D eigenvalue weighted by Crippen LogP contribution is -2.17. The standard InChI is InChI=1S/C15H18N2O4S2/c1-3-20-13-8-7-12(14(10-13)21-4-2)11-16-17-23(18,19)15-6-5-9-22-15/h5-11,17H,3-4H2,1-2H3/b16-11+. The summed E-state index contributed by atoms with van der Waals surface area (Å²) in [7, 11) is -3.62. The van der Waals surface area contributed by atoms with Gasteiger partial charge in [0.15, 0.2) is 0 Å². The van der Waals surface area contributed by atoms with Crippen LogP contribution in [0.25, 0.3) is 0 Å². The second-order valence-corrected chi connectivity index (χ2v) is 7.19. The molecule has 1 N–H and O–H groups in total. The van der Waals surface area contributed by atoms with Crippen molar-refractivity contribution in [1.82, 2.24) is 4.83 Å². The smallest absolute Gasteiger partial charge is 0.286 e. The van der Waals surface area contributed by atoms with Crippen molar-refractivity contribution in [2.24, 2.45) is 5.10 Å². The minimum absolute atomic E-state index is 0.214. The SMILES string of the molecule is CCOc1ccc(/C=N/NS(=O)(=O)c2cccs2)c(OCC)c1. The number of thiophene rings is 1. The normalized spacial score (nSPS) is 11.6. The van der Waals surface area contributed by atoms with E-state index in [0.29, 0.717) is 30.3 Å². The van der Waals surface area contributed by atoms with Gasteiger partial charge in [-0.25, -0.2) is 0 Å². The summed E-state index contributed by atoms with van der Waals surface area (Å²) < 4.78 is 35.1. The van der Waals surface area contributed by atoms with Crippen LogP contribution in [0.2, 0.25) is 0 Å². The van der Waals surface area contributed by atoms with Crippen LogP contribution in [-0.4, -0.2) is 27.8 Å². The molecular weight excluding hydrogens is 336 g/mol. The van der Waals surface area contributed by atoms with Gasteiger partial charge in [0.2, 0.25) is 0 Å². The number of hydrogen-bond donors (Lipinski definition) is 1. The molecule has 0 saturated heterocycles. The van der Waals surface area contributed by atoms with E-state index >= 15 is 0 Å². The number of hydrazone groups is 1. The highest BCUT2D eigenvalue weighted by molar-refractivity contribution is 7.91. The summed E-state index contributed by atoms with van der Waals surface area (Å²) in [4.78, 5) is 2.18. The average molecular weight is 354 g/mol. The van der Waals surface area contributed by atoms with E-state index in [9.17, 15) is 8.42 Å². The van der Waals surface area contributed by atoms with E-state index in [4.69, 9.17) is 9.47 Å². The molecule has 0 radical (unpaired) electrons. The van der Waals surface area contributed by atoms with Crippen molar-refractivity contribution in [3.63, 3.8) is 0 Å². The number of benzene rings is 1. The monoisotopic (exact) mass is 354 g/mol. The Hall–Kier alpha value is -2.06. The molecule has 0 aliphatic carbocycles. The van der Waals surface area contributed by atoms with Crippen molar-refractivity contribution in [1.29, 1.82) is 0 Å². The molecule has 6 nitrogen and oxygen atoms in total. The zero-order valence-electron chi connectivity index (χ0n) is 12.9. The quantitative estimate of drug-likeness (QED) is 0.584. The Morgan fingerprint density at radius 2 is 2.00 bits per heavy atom. The zero-order chi connectivity index (χ0) is 16.7. The maximum Gasteiger partial charge on any atom is 0.286 e. The molecule has 23 heavy (non-hydrogen) atoms. The van der Waals surface area contributed by atoms with Crippen molar-refractivity contribution in [3.05, 3.63) is 41.3 Å². The van der Waals surface area contributed by atoms with E-state index in [1.54, 1.807) is 29.6 Å². The minimum Gasteiger partial charge on any atom is -0.494 e. The van der Waals surface area contributed by atoms with Crippen molar-refractivity contribution < 1.29 is 17.9 Å². The molecule has 8 heteroatoms. The molecule has 0 aliphatic heterocycles. The molecule has 0 spiro atoms. The van der Waals surface area contributed by atoms with Gasteiger partial charge in [0, 0.05) is 11.6 Å². The summed E-state index contributed by atoms with van der Waals surface area (Å²) >= 11 is 1.13. The first-order valence-corrected chi connectivity index (χ1v) is 9.41. The number of ether oxygens (including phenoxy) is 2. The third kappa shape index (κ3) is 4.70. The van der Waals surface area contributed by atoms with E-state index < -0.39 is 10.0 Å². The van der Waals surface area contributed by atoms with Gasteiger partial charge in [-0.1, -0.05) is 6.07 Å². The highest BCUT2D eigenvalue weighted by Crippen LogP contribution is 2.24. The predicted octanol–water partition coefficient (Wildman–Crippen LogP) is 2.86. The molecule has 0 saturated carbocycles. The highest BCUT2D eigenvalue weighted by Gasteiger charge is 2.13. The van der Waals surface area contributed by atoms with Gasteiger partial charge in [0.05, 0.1) is 19.4 Å². The molecule has 0 atom stereocenters. The first kappa shape index (κ1) is 17.3. The predicted molar refractivity (Wildman–Crippen MR) is 91.0 cm³/mol. The van der Waals surface area contributed by atoms with Crippen LogP contribution in [0.15, 0.2) is 45.0 Å².